The van der Waals surface area contributed by atoms with E-state index in [2.05, 4.69) is 0 Å². The summed E-state index contributed by atoms with van der Waals surface area (Å²) >= 11 is 0. The van der Waals surface area contributed by atoms with Crippen molar-refractivity contribution in [2.75, 3.05) is 26.9 Å². The first-order valence-electron chi connectivity index (χ1n) is 8.84. The van der Waals surface area contributed by atoms with Crippen LogP contribution in [0.3, 0.4) is 0 Å². The molecule has 148 valence electrons. The summed E-state index contributed by atoms with van der Waals surface area (Å²) in [5, 5.41) is 9.19. The van der Waals surface area contributed by atoms with E-state index in [0.717, 1.165) is 0 Å². The Morgan fingerprint density at radius 1 is 1.21 bits per heavy atom. The number of Topliss-reactive ketones (excluding diaryl/α,β-unsaturated/α-hetero) is 1. The molecule has 0 saturated heterocycles. The molecular formula is C20H21NO7. The molecule has 1 aromatic carbocycles. The van der Waals surface area contributed by atoms with Crippen LogP contribution in [-0.2, 0) is 11.3 Å². The van der Waals surface area contributed by atoms with Gasteiger partial charge in [-0.05, 0) is 13.0 Å². The summed E-state index contributed by atoms with van der Waals surface area (Å²) in [6.07, 6.45) is 1.98. The minimum atomic E-state index is -1.28. The number of carboxylic acid groups (broad SMARTS) is 1. The molecule has 0 radical (unpaired) electrons. The van der Waals surface area contributed by atoms with Crippen LogP contribution in [0.1, 0.15) is 34.1 Å². The summed E-state index contributed by atoms with van der Waals surface area (Å²) in [5.74, 6) is -0.597. The van der Waals surface area contributed by atoms with Crippen molar-refractivity contribution in [1.29, 1.82) is 0 Å². The zero-order chi connectivity index (χ0) is 20.3. The summed E-state index contributed by atoms with van der Waals surface area (Å²) in [7, 11) is 1.60. The molecule has 2 heterocycles. The fraction of sp³-hybridized carbons (Fsp3) is 0.350. The number of rotatable bonds is 7. The fourth-order valence-corrected chi connectivity index (χ4v) is 3.07. The molecule has 0 unspecified atom stereocenters. The van der Waals surface area contributed by atoms with Crippen LogP contribution >= 0.6 is 0 Å². The van der Waals surface area contributed by atoms with Crippen LogP contribution in [-0.4, -0.2) is 48.4 Å². The minimum Gasteiger partial charge on any atom is -0.493 e. The molecule has 8 nitrogen and oxygen atoms in total. The van der Waals surface area contributed by atoms with Gasteiger partial charge in [-0.3, -0.25) is 9.59 Å². The number of carbonyl (C=O) groups excluding carboxylic acids is 1. The third-order valence-corrected chi connectivity index (χ3v) is 4.44. The second kappa shape index (κ2) is 8.26. The van der Waals surface area contributed by atoms with Gasteiger partial charge in [0.1, 0.15) is 23.7 Å². The van der Waals surface area contributed by atoms with Gasteiger partial charge in [0.15, 0.2) is 11.2 Å². The second-order valence-electron chi connectivity index (χ2n) is 6.38. The van der Waals surface area contributed by atoms with Gasteiger partial charge >= 0.3 is 5.97 Å². The van der Waals surface area contributed by atoms with E-state index in [1.165, 1.54) is 19.2 Å². The average Bonchev–Trinajstić information content (AvgIpc) is 2.82. The maximum atomic E-state index is 12.2. The summed E-state index contributed by atoms with van der Waals surface area (Å²) < 4.78 is 18.2. The van der Waals surface area contributed by atoms with Gasteiger partial charge in [0, 0.05) is 44.0 Å². The first kappa shape index (κ1) is 19.6. The number of carbonyl (C=O) groups is 2. The van der Waals surface area contributed by atoms with E-state index in [1.54, 1.807) is 23.8 Å². The maximum Gasteiger partial charge on any atom is 0.341 e. The number of nitrogens with zero attached hydrogens (tertiary/aromatic N) is 1. The summed E-state index contributed by atoms with van der Waals surface area (Å²) in [6, 6.07) is 4.53. The Labute approximate surface area is 161 Å². The van der Waals surface area contributed by atoms with Crippen molar-refractivity contribution >= 4 is 11.8 Å². The fourth-order valence-electron chi connectivity index (χ4n) is 3.07. The number of fused-ring (bicyclic) bond motifs is 3. The van der Waals surface area contributed by atoms with Crippen LogP contribution < -0.4 is 14.9 Å². The van der Waals surface area contributed by atoms with Crippen molar-refractivity contribution in [1.82, 2.24) is 4.57 Å². The molecule has 0 amide bonds. The summed E-state index contributed by atoms with van der Waals surface area (Å²) in [5.41, 5.74) is 0.493. The molecule has 2 aromatic rings. The molecular weight excluding hydrogens is 366 g/mol. The highest BCUT2D eigenvalue weighted by molar-refractivity contribution is 5.99. The number of ketones is 1. The van der Waals surface area contributed by atoms with E-state index in [-0.39, 0.29) is 18.0 Å². The predicted octanol–water partition coefficient (Wildman–Crippen LogP) is 2.22. The SMILES string of the molecule is COCCCOc1cc2c(cc1C(C)=O)-c1cc(=O)c(C(=O)O)cn1CCO2. The quantitative estimate of drug-likeness (QED) is 0.574. The monoisotopic (exact) mass is 387 g/mol. The Morgan fingerprint density at radius 2 is 2.00 bits per heavy atom. The van der Waals surface area contributed by atoms with Gasteiger partial charge in [-0.2, -0.15) is 0 Å². The van der Waals surface area contributed by atoms with Crippen molar-refractivity contribution in [2.45, 2.75) is 19.9 Å². The Balaban J connectivity index is 2.09. The molecule has 1 aromatic heterocycles. The number of hydrogen-bond acceptors (Lipinski definition) is 6. The highest BCUT2D eigenvalue weighted by Crippen LogP contribution is 2.37. The lowest BCUT2D eigenvalue weighted by molar-refractivity contribution is 0.0694. The Bertz CT molecular complexity index is 977. The number of pyridine rings is 1. The van der Waals surface area contributed by atoms with Crippen LogP contribution in [0.4, 0.5) is 0 Å². The maximum absolute atomic E-state index is 12.2. The van der Waals surface area contributed by atoms with Crippen molar-refractivity contribution < 1.29 is 28.9 Å². The van der Waals surface area contributed by atoms with Crippen LogP contribution in [0, 0.1) is 0 Å². The Kier molecular flexibility index (Phi) is 5.79. The summed E-state index contributed by atoms with van der Waals surface area (Å²) in [6.45, 7) is 3.00. The predicted molar refractivity (Wildman–Crippen MR) is 101 cm³/mol. The first-order chi connectivity index (χ1) is 13.4. The second-order valence-corrected chi connectivity index (χ2v) is 6.38. The molecule has 1 N–H and O–H groups in total. The average molecular weight is 387 g/mol. The summed E-state index contributed by atoms with van der Waals surface area (Å²) in [4.78, 5) is 35.6. The van der Waals surface area contributed by atoms with Gasteiger partial charge in [-0.15, -0.1) is 0 Å². The van der Waals surface area contributed by atoms with Gasteiger partial charge in [0.25, 0.3) is 0 Å². The standard InChI is InChI=1S/C20H21NO7/c1-12(22)13-8-14-16-9-17(23)15(20(24)25)11-21(16)4-7-28-19(14)10-18(13)27-6-3-5-26-2/h8-11H,3-7H2,1-2H3,(H,24,25). The Morgan fingerprint density at radius 3 is 2.68 bits per heavy atom. The van der Waals surface area contributed by atoms with Crippen molar-refractivity contribution in [3.05, 3.63) is 45.7 Å². The lowest BCUT2D eigenvalue weighted by Crippen LogP contribution is -2.19. The van der Waals surface area contributed by atoms with Gasteiger partial charge in [-0.1, -0.05) is 0 Å². The zero-order valence-electron chi connectivity index (χ0n) is 15.7. The lowest BCUT2D eigenvalue weighted by atomic mass is 10.0. The van der Waals surface area contributed by atoms with E-state index in [4.69, 9.17) is 14.2 Å². The lowest BCUT2D eigenvalue weighted by Gasteiger charge is -2.15. The van der Waals surface area contributed by atoms with Gasteiger partial charge in [-0.25, -0.2) is 4.79 Å². The smallest absolute Gasteiger partial charge is 0.341 e. The number of methoxy groups -OCH3 is 1. The molecule has 1 aliphatic heterocycles. The number of ether oxygens (including phenoxy) is 3. The third kappa shape index (κ3) is 3.91. The zero-order valence-corrected chi connectivity index (χ0v) is 15.7. The molecule has 0 bridgehead atoms. The molecule has 0 atom stereocenters. The normalized spacial score (nSPS) is 12.4. The van der Waals surface area contributed by atoms with Crippen LogP contribution in [0.2, 0.25) is 0 Å². The van der Waals surface area contributed by atoms with E-state index in [0.29, 0.717) is 54.5 Å². The van der Waals surface area contributed by atoms with E-state index < -0.39 is 11.4 Å². The van der Waals surface area contributed by atoms with Gasteiger partial charge in [0.2, 0.25) is 0 Å². The van der Waals surface area contributed by atoms with Gasteiger partial charge in [0.05, 0.1) is 24.4 Å². The number of carboxylic acids is 1. The molecule has 0 saturated carbocycles. The van der Waals surface area contributed by atoms with E-state index in [9.17, 15) is 19.5 Å². The van der Waals surface area contributed by atoms with Gasteiger partial charge < -0.3 is 23.9 Å². The minimum absolute atomic E-state index is 0.190. The topological polar surface area (TPSA) is 104 Å². The first-order valence-corrected chi connectivity index (χ1v) is 8.84. The molecule has 1 aliphatic rings. The van der Waals surface area contributed by atoms with Crippen molar-refractivity contribution in [3.63, 3.8) is 0 Å². The van der Waals surface area contributed by atoms with Crippen molar-refractivity contribution in [3.8, 4) is 22.8 Å². The molecule has 28 heavy (non-hydrogen) atoms. The van der Waals surface area contributed by atoms with Crippen molar-refractivity contribution in [2.24, 2.45) is 0 Å². The van der Waals surface area contributed by atoms with E-state index >= 15 is 0 Å². The molecule has 8 heteroatoms. The number of aromatic carboxylic acids is 1. The van der Waals surface area contributed by atoms with Crippen LogP contribution in [0.25, 0.3) is 11.3 Å². The number of aromatic nitrogens is 1. The Hall–Kier alpha value is -3.13. The highest BCUT2D eigenvalue weighted by Gasteiger charge is 2.22. The third-order valence-electron chi connectivity index (χ3n) is 4.44. The molecule has 0 aliphatic carbocycles. The van der Waals surface area contributed by atoms with Crippen LogP contribution in [0.5, 0.6) is 11.5 Å². The molecule has 3 rings (SSSR count). The molecule has 0 fully saturated rings. The molecule has 0 spiro atoms. The van der Waals surface area contributed by atoms with E-state index in [1.807, 2.05) is 0 Å². The highest BCUT2D eigenvalue weighted by atomic mass is 16.5. The largest absolute Gasteiger partial charge is 0.493 e. The number of benzene rings is 1. The van der Waals surface area contributed by atoms with Crippen LogP contribution in [0.15, 0.2) is 29.2 Å². The number of hydrogen-bond donors (Lipinski definition) is 1.